The van der Waals surface area contributed by atoms with E-state index >= 15 is 0 Å². The van der Waals surface area contributed by atoms with Gasteiger partial charge in [-0.1, -0.05) is 0 Å². The average Bonchev–Trinajstić information content (AvgIpc) is 2.61. The lowest BCUT2D eigenvalue weighted by Crippen LogP contribution is -2.34. The van der Waals surface area contributed by atoms with Crippen LogP contribution in [0.3, 0.4) is 0 Å². The van der Waals surface area contributed by atoms with Crippen molar-refractivity contribution in [1.29, 1.82) is 0 Å². The highest BCUT2D eigenvalue weighted by molar-refractivity contribution is 5.19. The van der Waals surface area contributed by atoms with E-state index in [2.05, 4.69) is 15.8 Å². The van der Waals surface area contributed by atoms with E-state index in [1.807, 2.05) is 27.0 Å². The molecule has 1 atom stereocenters. The molecule has 3 heteroatoms. The maximum atomic E-state index is 4.10. The van der Waals surface area contributed by atoms with Gasteiger partial charge in [-0.2, -0.15) is 5.10 Å². The monoisotopic (exact) mass is 139 g/mol. The van der Waals surface area contributed by atoms with E-state index in [0.29, 0.717) is 0 Å². The summed E-state index contributed by atoms with van der Waals surface area (Å²) >= 11 is 0. The van der Waals surface area contributed by atoms with Crippen molar-refractivity contribution in [3.63, 3.8) is 0 Å². The fourth-order valence-corrected chi connectivity index (χ4v) is 0.520. The average molecular weight is 139 g/mol. The Labute approximate surface area is 60.8 Å². The Hall–Kier alpha value is -0.830. The van der Waals surface area contributed by atoms with Gasteiger partial charge in [-0.3, -0.25) is 10.7 Å². The molecule has 0 saturated heterocycles. The Morgan fingerprint density at radius 2 is 2.20 bits per heavy atom. The zero-order valence-electron chi connectivity index (χ0n) is 6.60. The first-order chi connectivity index (χ1) is 4.74. The molecule has 0 spiro atoms. The van der Waals surface area contributed by atoms with Crippen LogP contribution in [0, 0.1) is 6.92 Å². The minimum absolute atomic E-state index is 0.245. The third kappa shape index (κ3) is 1.84. The van der Waals surface area contributed by atoms with E-state index < -0.39 is 0 Å². The van der Waals surface area contributed by atoms with Crippen LogP contribution in [0.1, 0.15) is 12.5 Å². The van der Waals surface area contributed by atoms with E-state index in [0.717, 1.165) is 5.36 Å². The minimum atomic E-state index is 0.245. The lowest BCUT2D eigenvalue weighted by Gasteiger charge is -2.06. The molecule has 0 saturated carbocycles. The topological polar surface area (TPSA) is 36.4 Å². The van der Waals surface area contributed by atoms with Crippen molar-refractivity contribution in [3.8, 4) is 0 Å². The largest absolute Gasteiger partial charge is 0.300 e. The summed E-state index contributed by atoms with van der Waals surface area (Å²) in [4.78, 5) is 0. The summed E-state index contributed by atoms with van der Waals surface area (Å²) in [6.45, 7) is 4.06. The van der Waals surface area contributed by atoms with Crippen LogP contribution >= 0.6 is 0 Å². The minimum Gasteiger partial charge on any atom is -0.300 e. The molecule has 1 aromatic rings. The number of aryl methyl sites for hydroxylation is 1. The molecule has 0 heterocycles. The van der Waals surface area contributed by atoms with Gasteiger partial charge < -0.3 is 0 Å². The molecule has 3 nitrogen and oxygen atoms in total. The number of hydrogen-bond donors (Lipinski definition) is 2. The van der Waals surface area contributed by atoms with E-state index in [1.54, 1.807) is 0 Å². The number of nitrogens with one attached hydrogen (secondary N) is 2. The zero-order valence-corrected chi connectivity index (χ0v) is 6.60. The Morgan fingerprint density at radius 1 is 1.60 bits per heavy atom. The van der Waals surface area contributed by atoms with Gasteiger partial charge in [-0.05, 0) is 32.5 Å². The quantitative estimate of drug-likeness (QED) is 0.451. The van der Waals surface area contributed by atoms with Crippen LogP contribution in [0.2, 0.25) is 0 Å². The van der Waals surface area contributed by atoms with Crippen LogP contribution in [0.15, 0.2) is 11.2 Å². The van der Waals surface area contributed by atoms with Crippen molar-refractivity contribution in [3.05, 3.63) is 17.0 Å². The molecule has 0 bridgehead atoms. The Morgan fingerprint density at radius 3 is 2.60 bits per heavy atom. The highest BCUT2D eigenvalue weighted by Gasteiger charge is 1.98. The summed E-state index contributed by atoms with van der Waals surface area (Å²) < 4.78 is 0. The van der Waals surface area contributed by atoms with Gasteiger partial charge in [0.2, 0.25) is 0 Å². The van der Waals surface area contributed by atoms with Crippen LogP contribution in [0.5, 0.6) is 0 Å². The second kappa shape index (κ2) is 2.84. The molecule has 1 aromatic carbocycles. The third-order valence-corrected chi connectivity index (χ3v) is 1.49. The molecule has 56 valence electrons. The SMILES string of the molecule is CNC(C)NN=c1cc1C. The first-order valence-electron chi connectivity index (χ1n) is 3.43. The lowest BCUT2D eigenvalue weighted by atomic mass is 10.6. The zero-order chi connectivity index (χ0) is 7.56. The van der Waals surface area contributed by atoms with Crippen LogP contribution in [-0.2, 0) is 0 Å². The second-order valence-corrected chi connectivity index (χ2v) is 2.46. The fourth-order valence-electron chi connectivity index (χ4n) is 0.520. The normalized spacial score (nSPS) is 16.1. The van der Waals surface area contributed by atoms with Gasteiger partial charge in [0.05, 0.1) is 11.5 Å². The molecule has 0 aliphatic rings. The molecule has 0 fully saturated rings. The maximum absolute atomic E-state index is 4.10. The molecule has 0 aliphatic heterocycles. The van der Waals surface area contributed by atoms with Crippen molar-refractivity contribution in [2.45, 2.75) is 20.0 Å². The molecular weight excluding hydrogens is 126 g/mol. The molecule has 1 unspecified atom stereocenters. The molecular formula is C7H13N3. The highest BCUT2D eigenvalue weighted by atomic mass is 15.4. The number of nitrogens with zero attached hydrogens (tertiary/aromatic N) is 1. The molecule has 0 aliphatic carbocycles. The molecule has 0 amide bonds. The Balaban J connectivity index is 2.31. The van der Waals surface area contributed by atoms with Gasteiger partial charge in [0.1, 0.15) is 0 Å². The summed E-state index contributed by atoms with van der Waals surface area (Å²) in [5.41, 5.74) is 4.22. The van der Waals surface area contributed by atoms with Crippen LogP contribution in [-0.4, -0.2) is 13.2 Å². The van der Waals surface area contributed by atoms with Crippen molar-refractivity contribution in [2.24, 2.45) is 5.10 Å². The van der Waals surface area contributed by atoms with Crippen molar-refractivity contribution < 1.29 is 0 Å². The second-order valence-electron chi connectivity index (χ2n) is 2.46. The summed E-state index contributed by atoms with van der Waals surface area (Å²) in [6, 6.07) is 2.04. The van der Waals surface area contributed by atoms with Crippen molar-refractivity contribution in [1.82, 2.24) is 10.7 Å². The summed E-state index contributed by atoms with van der Waals surface area (Å²) in [5, 5.41) is 8.21. The van der Waals surface area contributed by atoms with Gasteiger partial charge in [0.15, 0.2) is 0 Å². The summed E-state index contributed by atoms with van der Waals surface area (Å²) in [6.07, 6.45) is 0.245. The number of rotatable bonds is 3. The molecule has 0 aromatic heterocycles. The first kappa shape index (κ1) is 7.28. The van der Waals surface area contributed by atoms with E-state index in [-0.39, 0.29) is 6.17 Å². The maximum Gasteiger partial charge on any atom is 0.0902 e. The van der Waals surface area contributed by atoms with Crippen LogP contribution in [0.4, 0.5) is 0 Å². The van der Waals surface area contributed by atoms with Crippen LogP contribution in [0.25, 0.3) is 0 Å². The van der Waals surface area contributed by atoms with Crippen LogP contribution < -0.4 is 16.1 Å². The van der Waals surface area contributed by atoms with E-state index in [4.69, 9.17) is 0 Å². The molecule has 1 rings (SSSR count). The van der Waals surface area contributed by atoms with Crippen molar-refractivity contribution >= 4 is 0 Å². The number of hydrogen-bond acceptors (Lipinski definition) is 3. The Bertz CT molecular complexity index is 220. The molecule has 0 radical (unpaired) electrons. The lowest BCUT2D eigenvalue weighted by molar-refractivity contribution is 0.500. The van der Waals surface area contributed by atoms with Crippen molar-refractivity contribution in [2.75, 3.05) is 7.05 Å². The Kier molecular flexibility index (Phi) is 2.06. The summed E-state index contributed by atoms with van der Waals surface area (Å²) in [7, 11) is 1.89. The summed E-state index contributed by atoms with van der Waals surface area (Å²) in [5.74, 6) is 0. The fraction of sp³-hybridized carbons (Fsp3) is 0.571. The van der Waals surface area contributed by atoms with Gasteiger partial charge in [0, 0.05) is 0 Å². The predicted molar refractivity (Wildman–Crippen MR) is 40.8 cm³/mol. The van der Waals surface area contributed by atoms with Gasteiger partial charge in [-0.25, -0.2) is 0 Å². The van der Waals surface area contributed by atoms with Gasteiger partial charge in [0.25, 0.3) is 0 Å². The standard InChI is InChI=1S/C7H13N3/c1-5-4-7(5)10-9-6(2)8-3/h4,6,8-9H,1-3H3. The van der Waals surface area contributed by atoms with Gasteiger partial charge >= 0.3 is 0 Å². The van der Waals surface area contributed by atoms with E-state index in [1.165, 1.54) is 5.56 Å². The third-order valence-electron chi connectivity index (χ3n) is 1.49. The smallest absolute Gasteiger partial charge is 0.0902 e. The molecule has 10 heavy (non-hydrogen) atoms. The van der Waals surface area contributed by atoms with Gasteiger partial charge in [-0.15, -0.1) is 0 Å². The van der Waals surface area contributed by atoms with E-state index in [9.17, 15) is 0 Å². The predicted octanol–water partition coefficient (Wildman–Crippen LogP) is -0.159. The molecule has 2 N–H and O–H groups in total. The highest BCUT2D eigenvalue weighted by Crippen LogP contribution is 1.88. The first-order valence-corrected chi connectivity index (χ1v) is 3.43.